The number of hydrogen-bond acceptors (Lipinski definition) is 8. The van der Waals surface area contributed by atoms with E-state index in [2.05, 4.69) is 13.9 Å². The monoisotopic (exact) mass is 565 g/mol. The summed E-state index contributed by atoms with van der Waals surface area (Å²) >= 11 is -3.58. The fraction of sp³-hybridized carbons (Fsp3) is 0.696. The van der Waals surface area contributed by atoms with Crippen LogP contribution in [0.2, 0.25) is 0 Å². The molecule has 196 valence electrons. The number of rotatable bonds is 15. The minimum atomic E-state index is -5.02. The van der Waals surface area contributed by atoms with Crippen LogP contribution in [0.25, 0.3) is 0 Å². The Balaban J connectivity index is 0.000000657. The molecule has 1 aliphatic carbocycles. The number of allylic oxidation sites excluding steroid dienone is 2. The van der Waals surface area contributed by atoms with Gasteiger partial charge < -0.3 is 4.74 Å². The van der Waals surface area contributed by atoms with Crippen LogP contribution in [0.3, 0.4) is 0 Å². The average molecular weight is 566 g/mol. The van der Waals surface area contributed by atoms with Crippen molar-refractivity contribution in [3.63, 3.8) is 0 Å². The Kier molecular flexibility index (Phi) is 18.2. The Bertz CT molecular complexity index is 728. The van der Waals surface area contributed by atoms with Gasteiger partial charge in [-0.2, -0.15) is 0 Å². The molecule has 2 atom stereocenters. The summed E-state index contributed by atoms with van der Waals surface area (Å²) in [5.74, 6) is 0.411. The topological polar surface area (TPSA) is 139 Å². The van der Waals surface area contributed by atoms with Gasteiger partial charge in [0.15, 0.2) is 5.12 Å². The predicted molar refractivity (Wildman–Crippen MR) is 133 cm³/mol. The van der Waals surface area contributed by atoms with Gasteiger partial charge in [-0.05, 0) is 12.8 Å². The van der Waals surface area contributed by atoms with Gasteiger partial charge in [0, 0.05) is 19.1 Å². The second-order valence-corrected chi connectivity index (χ2v) is 13.5. The maximum Gasteiger partial charge on any atom is 0.305 e. The number of ether oxygens (including phenoxy) is 1. The maximum atomic E-state index is 11.6. The first-order valence-corrected chi connectivity index (χ1v) is 15.9. The van der Waals surface area contributed by atoms with Crippen LogP contribution in [-0.4, -0.2) is 57.7 Å². The van der Waals surface area contributed by atoms with E-state index in [0.717, 1.165) is 25.0 Å². The molecular formula is C23H40AsNO8S. The van der Waals surface area contributed by atoms with E-state index in [1.807, 2.05) is 0 Å². The molecule has 3 N–H and O–H groups in total. The van der Waals surface area contributed by atoms with E-state index in [4.69, 9.17) is 5.26 Å². The molecule has 9 nitrogen and oxygen atoms in total. The van der Waals surface area contributed by atoms with Gasteiger partial charge in [-0.25, -0.2) is 0 Å². The van der Waals surface area contributed by atoms with Gasteiger partial charge in [0.05, 0.1) is 7.11 Å². The van der Waals surface area contributed by atoms with E-state index in [1.165, 1.54) is 76.5 Å². The normalized spacial score (nSPS) is 18.4. The average Bonchev–Trinajstić information content (AvgIpc) is 2.79. The van der Waals surface area contributed by atoms with Crippen LogP contribution < -0.4 is 5.32 Å². The van der Waals surface area contributed by atoms with Crippen LogP contribution in [0, 0.1) is 0 Å². The zero-order chi connectivity index (χ0) is 25.9. The van der Waals surface area contributed by atoms with E-state index < -0.39 is 24.4 Å². The summed E-state index contributed by atoms with van der Waals surface area (Å²) in [4.78, 5) is 32.5. The summed E-state index contributed by atoms with van der Waals surface area (Å²) in [5, 5.41) is 11.0. The van der Waals surface area contributed by atoms with Gasteiger partial charge in [-0.3, -0.25) is 9.59 Å². The van der Waals surface area contributed by atoms with E-state index in [-0.39, 0.29) is 17.5 Å². The number of unbranched alkanes of at least 4 members (excludes halogenated alkanes) is 8. The molecule has 0 aromatic rings. The van der Waals surface area contributed by atoms with Crippen molar-refractivity contribution in [3.8, 4) is 0 Å². The van der Waals surface area contributed by atoms with Crippen molar-refractivity contribution in [2.24, 2.45) is 0 Å². The van der Waals surface area contributed by atoms with Crippen LogP contribution in [0.5, 0.6) is 0 Å². The SMILES string of the molecule is CC(=O)NC1([As](=O)(O)OO)C=CC=CC1.COC(=O)CCCCCCCCCCCSC(C)=O. The third-order valence-electron chi connectivity index (χ3n) is 5.11. The molecule has 0 heterocycles. The molecule has 1 rings (SSSR count). The number of carbonyl (C=O) groups excluding carboxylic acids is 3. The van der Waals surface area contributed by atoms with Crippen molar-refractivity contribution in [2.45, 2.75) is 88.8 Å². The molecule has 11 heteroatoms. The first kappa shape index (κ1) is 32.7. The van der Waals surface area contributed by atoms with Crippen LogP contribution >= 0.6 is 11.8 Å². The summed E-state index contributed by atoms with van der Waals surface area (Å²) in [6, 6.07) is 0. The fourth-order valence-electron chi connectivity index (χ4n) is 3.29. The van der Waals surface area contributed by atoms with Crippen molar-refractivity contribution in [2.75, 3.05) is 12.9 Å². The molecule has 0 spiro atoms. The number of methoxy groups -OCH3 is 1. The molecule has 0 saturated carbocycles. The Hall–Kier alpha value is -1.32. The van der Waals surface area contributed by atoms with Gasteiger partial charge in [-0.1, -0.05) is 56.7 Å². The van der Waals surface area contributed by atoms with Gasteiger partial charge in [0.1, 0.15) is 0 Å². The van der Waals surface area contributed by atoms with Gasteiger partial charge >= 0.3 is 95.1 Å². The van der Waals surface area contributed by atoms with E-state index in [0.29, 0.717) is 6.42 Å². The second kappa shape index (κ2) is 18.9. The number of amides is 1. The molecule has 34 heavy (non-hydrogen) atoms. The van der Waals surface area contributed by atoms with Crippen LogP contribution in [-0.2, 0) is 26.7 Å². The number of carbonyl (C=O) groups is 3. The molecule has 0 aromatic carbocycles. The van der Waals surface area contributed by atoms with Crippen LogP contribution in [0.15, 0.2) is 24.3 Å². The van der Waals surface area contributed by atoms with Gasteiger partial charge in [-0.15, -0.1) is 0 Å². The molecule has 0 radical (unpaired) electrons. The van der Waals surface area contributed by atoms with Crippen molar-refractivity contribution < 1.29 is 36.1 Å². The third-order valence-corrected chi connectivity index (χ3v) is 9.52. The first-order chi connectivity index (χ1) is 16.1. The number of nitrogens with one attached hydrogen (secondary N) is 1. The zero-order valence-electron chi connectivity index (χ0n) is 20.5. The Morgan fingerprint density at radius 2 is 1.56 bits per heavy atom. The zero-order valence-corrected chi connectivity index (χ0v) is 23.2. The smallest absolute Gasteiger partial charge is 0.305 e. The molecule has 0 saturated heterocycles. The number of thioether (sulfide) groups is 1. The number of esters is 1. The van der Waals surface area contributed by atoms with Crippen LogP contribution in [0.4, 0.5) is 0 Å². The largest absolute Gasteiger partial charge is 0.469 e. The van der Waals surface area contributed by atoms with Crippen molar-refractivity contribution in [1.29, 1.82) is 0 Å². The molecule has 2 unspecified atom stereocenters. The summed E-state index contributed by atoms with van der Waals surface area (Å²) in [7, 11) is 1.44. The molecule has 0 bridgehead atoms. The Labute approximate surface area is 210 Å². The molecular weight excluding hydrogens is 525 g/mol. The molecule has 0 aliphatic heterocycles. The predicted octanol–water partition coefficient (Wildman–Crippen LogP) is 4.11. The molecule has 0 fully saturated rings. The minimum absolute atomic E-state index is 0.0940. The molecule has 1 amide bonds. The van der Waals surface area contributed by atoms with Crippen molar-refractivity contribution in [1.82, 2.24) is 5.32 Å². The summed E-state index contributed by atoms with van der Waals surface area (Å²) in [6.07, 6.45) is 17.6. The Morgan fingerprint density at radius 3 is 2.00 bits per heavy atom. The first-order valence-electron chi connectivity index (χ1n) is 11.6. The second-order valence-electron chi connectivity index (χ2n) is 8.05. The third kappa shape index (κ3) is 14.8. The van der Waals surface area contributed by atoms with Gasteiger partial charge in [0.2, 0.25) is 0 Å². The minimum Gasteiger partial charge on any atom is -0.469 e. The van der Waals surface area contributed by atoms with Gasteiger partial charge in [0.25, 0.3) is 0 Å². The quantitative estimate of drug-likeness (QED) is 0.0880. The molecule has 1 aliphatic rings. The standard InChI is InChI=1S/C15H28O3S.C8H12AsNO5/c1-14(16)19-13-11-9-7-5-3-4-6-8-10-12-15(17)18-2;1-7(11)10-8(9(12,13)15-14)5-3-2-4-6-8/h3-13H2,1-2H3;2-5,14H,6H2,1H3,(H,10,11)(H,12,13). The summed E-state index contributed by atoms with van der Waals surface area (Å²) in [5.41, 5.74) is 0. The van der Waals surface area contributed by atoms with Crippen LogP contribution in [0.1, 0.15) is 84.5 Å². The fourth-order valence-corrected chi connectivity index (χ4v) is 6.14. The summed E-state index contributed by atoms with van der Waals surface area (Å²) in [6.45, 7) is 2.85. The number of hydrogen-bond donors (Lipinski definition) is 3. The van der Waals surface area contributed by atoms with Crippen molar-refractivity contribution in [3.05, 3.63) is 24.3 Å². The van der Waals surface area contributed by atoms with E-state index in [1.54, 1.807) is 19.1 Å². The Morgan fingerprint density at radius 1 is 1.00 bits per heavy atom. The summed E-state index contributed by atoms with van der Waals surface area (Å²) < 4.78 is 27.9. The van der Waals surface area contributed by atoms with E-state index in [9.17, 15) is 22.2 Å². The van der Waals surface area contributed by atoms with E-state index >= 15 is 0 Å². The van der Waals surface area contributed by atoms with Crippen molar-refractivity contribution >= 4 is 42.9 Å². The molecule has 0 aromatic heterocycles. The maximum absolute atomic E-state index is 11.6.